The Kier molecular flexibility index (Phi) is 5.16. The number of rotatable bonds is 4. The molecule has 0 radical (unpaired) electrons. The van der Waals surface area contributed by atoms with Crippen LogP contribution in [0.4, 0.5) is 0 Å². The first kappa shape index (κ1) is 18.3. The fourth-order valence-electron chi connectivity index (χ4n) is 2.59. The molecule has 0 aromatic heterocycles. The van der Waals surface area contributed by atoms with E-state index in [-0.39, 0.29) is 4.90 Å². The summed E-state index contributed by atoms with van der Waals surface area (Å²) in [7, 11) is -2.22. The van der Waals surface area contributed by atoms with E-state index >= 15 is 0 Å². The molecule has 134 valence electrons. The first-order chi connectivity index (χ1) is 11.8. The molecule has 0 N–H and O–H groups in total. The van der Waals surface area contributed by atoms with Crippen LogP contribution < -0.4 is 9.47 Å². The summed E-state index contributed by atoms with van der Waals surface area (Å²) in [5.74, 6) is 0.972. The standard InChI is InChI=1S/C17H17Cl2NO4S/c1-11(14-5-3-12(18)9-15(14)19)20(2)25(21,22)13-4-6-16-17(10-13)24-8-7-23-16/h3-6,9-11H,7-8H2,1-2H3/t11-/m0/s1. The summed E-state index contributed by atoms with van der Waals surface area (Å²) < 4.78 is 38.1. The fraction of sp³-hybridized carbons (Fsp3) is 0.294. The molecule has 0 fully saturated rings. The second-order valence-electron chi connectivity index (χ2n) is 5.67. The Balaban J connectivity index is 1.93. The highest BCUT2D eigenvalue weighted by atomic mass is 35.5. The van der Waals surface area contributed by atoms with Crippen molar-refractivity contribution in [2.75, 3.05) is 20.3 Å². The third-order valence-electron chi connectivity index (χ3n) is 4.15. The molecule has 0 amide bonds. The van der Waals surface area contributed by atoms with Crippen molar-refractivity contribution in [3.63, 3.8) is 0 Å². The lowest BCUT2D eigenvalue weighted by Crippen LogP contribution is -2.30. The zero-order valence-corrected chi connectivity index (χ0v) is 16.0. The predicted molar refractivity (Wildman–Crippen MR) is 97.3 cm³/mol. The maximum atomic E-state index is 13.0. The Bertz CT molecular complexity index is 902. The Hall–Kier alpha value is -1.47. The van der Waals surface area contributed by atoms with Crippen LogP contribution >= 0.6 is 23.2 Å². The van der Waals surface area contributed by atoms with Crippen LogP contribution in [-0.4, -0.2) is 33.0 Å². The summed E-state index contributed by atoms with van der Waals surface area (Å²) in [6.45, 7) is 2.61. The molecule has 0 saturated heterocycles. The van der Waals surface area contributed by atoms with Gasteiger partial charge in [0.1, 0.15) is 13.2 Å². The molecule has 1 aliphatic rings. The van der Waals surface area contributed by atoms with Crippen molar-refractivity contribution in [2.45, 2.75) is 17.9 Å². The third kappa shape index (κ3) is 3.58. The summed E-state index contributed by atoms with van der Waals surface area (Å²) in [5, 5.41) is 0.919. The Morgan fingerprint density at radius 1 is 1.04 bits per heavy atom. The zero-order chi connectivity index (χ0) is 18.2. The molecule has 1 heterocycles. The van der Waals surface area contributed by atoms with Crippen molar-refractivity contribution in [1.82, 2.24) is 4.31 Å². The maximum absolute atomic E-state index is 13.0. The van der Waals surface area contributed by atoms with Gasteiger partial charge in [0, 0.05) is 29.2 Å². The van der Waals surface area contributed by atoms with Gasteiger partial charge in [0.2, 0.25) is 10.0 Å². The van der Waals surface area contributed by atoms with Crippen LogP contribution in [0.25, 0.3) is 0 Å². The van der Waals surface area contributed by atoms with Gasteiger partial charge in [0.15, 0.2) is 11.5 Å². The van der Waals surface area contributed by atoms with Gasteiger partial charge in [-0.25, -0.2) is 8.42 Å². The van der Waals surface area contributed by atoms with Gasteiger partial charge in [-0.05, 0) is 36.8 Å². The second kappa shape index (κ2) is 7.03. The van der Waals surface area contributed by atoms with E-state index in [0.717, 1.165) is 0 Å². The minimum absolute atomic E-state index is 0.135. The molecule has 1 atom stereocenters. The summed E-state index contributed by atoms with van der Waals surface area (Å²) >= 11 is 12.1. The lowest BCUT2D eigenvalue weighted by molar-refractivity contribution is 0.171. The van der Waals surface area contributed by atoms with E-state index in [9.17, 15) is 8.42 Å². The highest BCUT2D eigenvalue weighted by molar-refractivity contribution is 7.89. The molecular weight excluding hydrogens is 385 g/mol. The van der Waals surface area contributed by atoms with Crippen LogP contribution in [0.5, 0.6) is 11.5 Å². The predicted octanol–water partition coefficient (Wildman–Crippen LogP) is 4.15. The van der Waals surface area contributed by atoms with Crippen LogP contribution in [-0.2, 0) is 10.0 Å². The molecule has 2 aromatic rings. The van der Waals surface area contributed by atoms with Gasteiger partial charge >= 0.3 is 0 Å². The van der Waals surface area contributed by atoms with Crippen LogP contribution in [0.15, 0.2) is 41.3 Å². The van der Waals surface area contributed by atoms with Gasteiger partial charge < -0.3 is 9.47 Å². The SMILES string of the molecule is C[C@@H](c1ccc(Cl)cc1Cl)N(C)S(=O)(=O)c1ccc2c(c1)OCCO2. The van der Waals surface area contributed by atoms with Gasteiger partial charge in [-0.1, -0.05) is 29.3 Å². The molecule has 0 bridgehead atoms. The topological polar surface area (TPSA) is 55.8 Å². The van der Waals surface area contributed by atoms with E-state index in [0.29, 0.717) is 40.3 Å². The highest BCUT2D eigenvalue weighted by Gasteiger charge is 2.29. The van der Waals surface area contributed by atoms with Gasteiger partial charge in [-0.2, -0.15) is 4.31 Å². The van der Waals surface area contributed by atoms with Crippen molar-refractivity contribution in [3.8, 4) is 11.5 Å². The number of ether oxygens (including phenoxy) is 2. The Labute approximate surface area is 157 Å². The van der Waals surface area contributed by atoms with E-state index in [2.05, 4.69) is 0 Å². The first-order valence-corrected chi connectivity index (χ1v) is 9.83. The van der Waals surface area contributed by atoms with Gasteiger partial charge in [0.25, 0.3) is 0 Å². The minimum atomic E-state index is -3.74. The Morgan fingerprint density at radius 2 is 1.72 bits per heavy atom. The highest BCUT2D eigenvalue weighted by Crippen LogP contribution is 2.36. The molecule has 0 aliphatic carbocycles. The molecular formula is C17H17Cl2NO4S. The van der Waals surface area contributed by atoms with Crippen molar-refractivity contribution < 1.29 is 17.9 Å². The quantitative estimate of drug-likeness (QED) is 0.771. The minimum Gasteiger partial charge on any atom is -0.486 e. The average Bonchev–Trinajstić information content (AvgIpc) is 2.60. The van der Waals surface area contributed by atoms with E-state index in [1.165, 1.54) is 23.5 Å². The number of halogens is 2. The van der Waals surface area contributed by atoms with Crippen molar-refractivity contribution in [1.29, 1.82) is 0 Å². The van der Waals surface area contributed by atoms with Crippen molar-refractivity contribution in [3.05, 3.63) is 52.0 Å². The lowest BCUT2D eigenvalue weighted by atomic mass is 10.1. The van der Waals surface area contributed by atoms with Crippen molar-refractivity contribution in [2.24, 2.45) is 0 Å². The summed E-state index contributed by atoms with van der Waals surface area (Å²) in [4.78, 5) is 0.135. The summed E-state index contributed by atoms with van der Waals surface area (Å²) in [5.41, 5.74) is 0.676. The number of nitrogens with zero attached hydrogens (tertiary/aromatic N) is 1. The molecule has 0 saturated carbocycles. The number of sulfonamides is 1. The largest absolute Gasteiger partial charge is 0.486 e. The van der Waals surface area contributed by atoms with Crippen LogP contribution in [0, 0.1) is 0 Å². The van der Waals surface area contributed by atoms with Crippen LogP contribution in [0.3, 0.4) is 0 Å². The molecule has 25 heavy (non-hydrogen) atoms. The molecule has 0 unspecified atom stereocenters. The number of hydrogen-bond acceptors (Lipinski definition) is 4. The zero-order valence-electron chi connectivity index (χ0n) is 13.7. The number of benzene rings is 2. The van der Waals surface area contributed by atoms with Crippen molar-refractivity contribution >= 4 is 33.2 Å². The molecule has 3 rings (SSSR count). The van der Waals surface area contributed by atoms with Gasteiger partial charge in [-0.15, -0.1) is 0 Å². The van der Waals surface area contributed by atoms with Crippen LogP contribution in [0.1, 0.15) is 18.5 Å². The van der Waals surface area contributed by atoms with Gasteiger partial charge in [0.05, 0.1) is 4.90 Å². The second-order valence-corrected chi connectivity index (χ2v) is 8.51. The van der Waals surface area contributed by atoms with Crippen LogP contribution in [0.2, 0.25) is 10.0 Å². The molecule has 0 spiro atoms. The Morgan fingerprint density at radius 3 is 2.40 bits per heavy atom. The third-order valence-corrected chi connectivity index (χ3v) is 6.64. The normalized spacial score (nSPS) is 15.2. The van der Waals surface area contributed by atoms with Gasteiger partial charge in [-0.3, -0.25) is 0 Å². The van der Waals surface area contributed by atoms with E-state index in [1.807, 2.05) is 0 Å². The number of fused-ring (bicyclic) bond motifs is 1. The fourth-order valence-corrected chi connectivity index (χ4v) is 4.52. The lowest BCUT2D eigenvalue weighted by Gasteiger charge is -2.26. The van der Waals surface area contributed by atoms with E-state index in [4.69, 9.17) is 32.7 Å². The molecule has 8 heteroatoms. The molecule has 5 nitrogen and oxygen atoms in total. The van der Waals surface area contributed by atoms with E-state index in [1.54, 1.807) is 31.2 Å². The maximum Gasteiger partial charge on any atom is 0.243 e. The average molecular weight is 402 g/mol. The number of hydrogen-bond donors (Lipinski definition) is 0. The molecule has 2 aromatic carbocycles. The molecule has 1 aliphatic heterocycles. The first-order valence-electron chi connectivity index (χ1n) is 7.63. The summed E-state index contributed by atoms with van der Waals surface area (Å²) in [6, 6.07) is 9.14. The van der Waals surface area contributed by atoms with E-state index < -0.39 is 16.1 Å². The summed E-state index contributed by atoms with van der Waals surface area (Å²) in [6.07, 6.45) is 0. The monoisotopic (exact) mass is 401 g/mol. The smallest absolute Gasteiger partial charge is 0.243 e.